The zero-order valence-corrected chi connectivity index (χ0v) is 32.8. The van der Waals surface area contributed by atoms with E-state index in [0.29, 0.717) is 32.5 Å². The van der Waals surface area contributed by atoms with Gasteiger partial charge in [-0.3, -0.25) is 9.59 Å². The van der Waals surface area contributed by atoms with Crippen molar-refractivity contribution in [3.05, 3.63) is 26.6 Å². The summed E-state index contributed by atoms with van der Waals surface area (Å²) in [5.74, 6) is 1.07. The summed E-state index contributed by atoms with van der Waals surface area (Å²) >= 11 is 7.29. The first-order chi connectivity index (χ1) is 22.5. The molecule has 46 heavy (non-hydrogen) atoms. The van der Waals surface area contributed by atoms with Crippen molar-refractivity contribution in [1.29, 1.82) is 0 Å². The third-order valence-corrected chi connectivity index (χ3v) is 9.88. The molecule has 0 aromatic heterocycles. The first-order valence-corrected chi connectivity index (χ1v) is 20.7. The van der Waals surface area contributed by atoms with Crippen LogP contribution >= 0.6 is 31.9 Å². The molecular weight excluding hydrogens is 704 g/mol. The van der Waals surface area contributed by atoms with Gasteiger partial charge in [0.05, 0.1) is 15.6 Å². The third kappa shape index (κ3) is 25.0. The summed E-state index contributed by atoms with van der Waals surface area (Å²) < 4.78 is 7.80. The summed E-state index contributed by atoms with van der Waals surface area (Å²) in [6.07, 6.45) is 31.2. The maximum absolute atomic E-state index is 12.3. The molecule has 2 amide bonds. The fourth-order valence-corrected chi connectivity index (χ4v) is 7.30. The first-order valence-electron chi connectivity index (χ1n) is 19.1. The van der Waals surface area contributed by atoms with E-state index in [4.69, 9.17) is 4.74 Å². The molecule has 1 rings (SSSR count). The predicted molar refractivity (Wildman–Crippen MR) is 204 cm³/mol. The van der Waals surface area contributed by atoms with Crippen LogP contribution in [0.1, 0.15) is 180 Å². The van der Waals surface area contributed by atoms with Gasteiger partial charge < -0.3 is 15.4 Å². The van der Waals surface area contributed by atoms with Gasteiger partial charge in [-0.15, -0.1) is 0 Å². The monoisotopic (exact) mass is 770 g/mol. The van der Waals surface area contributed by atoms with Crippen molar-refractivity contribution in [2.45, 2.75) is 181 Å². The van der Waals surface area contributed by atoms with E-state index in [1.807, 2.05) is 0 Å². The van der Waals surface area contributed by atoms with Gasteiger partial charge >= 0.3 is 0 Å². The van der Waals surface area contributed by atoms with Crippen LogP contribution < -0.4 is 15.4 Å². The van der Waals surface area contributed by atoms with Crippen molar-refractivity contribution in [3.63, 3.8) is 0 Å². The Labute approximate surface area is 300 Å². The van der Waals surface area contributed by atoms with Crippen LogP contribution in [-0.2, 0) is 16.0 Å². The molecule has 0 bridgehead atoms. The van der Waals surface area contributed by atoms with Crippen LogP contribution in [0.15, 0.2) is 21.1 Å². The second-order valence-corrected chi connectivity index (χ2v) is 14.8. The van der Waals surface area contributed by atoms with E-state index in [9.17, 15) is 9.59 Å². The van der Waals surface area contributed by atoms with Crippen LogP contribution in [0.4, 0.5) is 0 Å². The number of hydrogen-bond donors (Lipinski definition) is 2. The molecule has 0 aliphatic rings. The van der Waals surface area contributed by atoms with E-state index in [-0.39, 0.29) is 11.8 Å². The summed E-state index contributed by atoms with van der Waals surface area (Å²) in [7, 11) is 0. The maximum atomic E-state index is 12.3. The van der Waals surface area contributed by atoms with E-state index >= 15 is 0 Å². The Kier molecular flexibility index (Phi) is 29.1. The summed E-state index contributed by atoms with van der Waals surface area (Å²) in [5.41, 5.74) is 1.13. The molecule has 2 N–H and O–H groups in total. The zero-order chi connectivity index (χ0) is 33.5. The Morgan fingerprint density at radius 2 is 0.913 bits per heavy atom. The Hall–Kier alpha value is -1.08. The maximum Gasteiger partial charge on any atom is 0.220 e. The molecule has 0 heterocycles. The molecule has 0 spiro atoms. The van der Waals surface area contributed by atoms with E-state index in [0.717, 1.165) is 58.8 Å². The van der Waals surface area contributed by atoms with Crippen LogP contribution in [0.5, 0.6) is 5.75 Å². The van der Waals surface area contributed by atoms with Gasteiger partial charge in [-0.25, -0.2) is 0 Å². The Morgan fingerprint density at radius 3 is 1.33 bits per heavy atom. The molecule has 0 unspecified atom stereocenters. The van der Waals surface area contributed by atoms with E-state index < -0.39 is 0 Å². The number of halogens is 2. The number of carbonyl (C=O) groups is 2. The van der Waals surface area contributed by atoms with Crippen molar-refractivity contribution in [2.75, 3.05) is 19.7 Å². The third-order valence-electron chi connectivity index (χ3n) is 8.70. The topological polar surface area (TPSA) is 67.4 Å². The van der Waals surface area contributed by atoms with Crippen molar-refractivity contribution < 1.29 is 14.3 Å². The number of benzene rings is 1. The van der Waals surface area contributed by atoms with Crippen LogP contribution in [0.25, 0.3) is 0 Å². The lowest BCUT2D eigenvalue weighted by molar-refractivity contribution is -0.122. The lowest BCUT2D eigenvalue weighted by atomic mass is 10.1. The van der Waals surface area contributed by atoms with Gasteiger partial charge in [-0.05, 0) is 75.2 Å². The van der Waals surface area contributed by atoms with Gasteiger partial charge in [-0.2, -0.15) is 0 Å². The molecule has 5 nitrogen and oxygen atoms in total. The smallest absolute Gasteiger partial charge is 0.220 e. The fourth-order valence-electron chi connectivity index (χ4n) is 5.79. The van der Waals surface area contributed by atoms with E-state index in [2.05, 4.69) is 68.5 Å². The number of hydrogen-bond acceptors (Lipinski definition) is 3. The number of ether oxygens (including phenoxy) is 1. The molecule has 0 atom stereocenters. The summed E-state index contributed by atoms with van der Waals surface area (Å²) in [6, 6.07) is 4.12. The molecule has 7 heteroatoms. The van der Waals surface area contributed by atoms with Crippen molar-refractivity contribution >= 4 is 43.7 Å². The lowest BCUT2D eigenvalue weighted by Gasteiger charge is -2.13. The largest absolute Gasteiger partial charge is 0.491 e. The number of amides is 2. The molecule has 0 saturated heterocycles. The molecule has 0 aliphatic heterocycles. The molecule has 266 valence electrons. The molecule has 1 aromatic rings. The highest BCUT2D eigenvalue weighted by atomic mass is 79.9. The molecule has 0 radical (unpaired) electrons. The van der Waals surface area contributed by atoms with Gasteiger partial charge in [0.2, 0.25) is 11.8 Å². The van der Waals surface area contributed by atoms with Crippen LogP contribution in [0.2, 0.25) is 0 Å². The Bertz CT molecular complexity index is 873. The highest BCUT2D eigenvalue weighted by molar-refractivity contribution is 9.11. The highest BCUT2D eigenvalue weighted by Crippen LogP contribution is 2.35. The normalized spacial score (nSPS) is 11.1. The van der Waals surface area contributed by atoms with Crippen LogP contribution in [0.3, 0.4) is 0 Å². The van der Waals surface area contributed by atoms with Gasteiger partial charge in [0.1, 0.15) is 5.75 Å². The average Bonchev–Trinajstić information content (AvgIpc) is 3.03. The van der Waals surface area contributed by atoms with Gasteiger partial charge in [0, 0.05) is 25.9 Å². The van der Waals surface area contributed by atoms with E-state index in [1.54, 1.807) is 0 Å². The minimum absolute atomic E-state index is 0.147. The lowest BCUT2D eigenvalue weighted by Crippen LogP contribution is -2.25. The molecule has 1 aromatic carbocycles. The quantitative estimate of drug-likeness (QED) is 0.0717. The minimum atomic E-state index is 0.147. The summed E-state index contributed by atoms with van der Waals surface area (Å²) in [4.78, 5) is 24.4. The van der Waals surface area contributed by atoms with Crippen molar-refractivity contribution in [3.8, 4) is 5.75 Å². The van der Waals surface area contributed by atoms with Gasteiger partial charge in [0.25, 0.3) is 0 Å². The van der Waals surface area contributed by atoms with Crippen molar-refractivity contribution in [2.24, 2.45) is 0 Å². The number of carbonyl (C=O) groups excluding carboxylic acids is 2. The highest BCUT2D eigenvalue weighted by Gasteiger charge is 2.10. The second kappa shape index (κ2) is 31.2. The van der Waals surface area contributed by atoms with Gasteiger partial charge in [-0.1, -0.05) is 142 Å². The summed E-state index contributed by atoms with van der Waals surface area (Å²) in [6.45, 7) is 6.32. The zero-order valence-electron chi connectivity index (χ0n) is 29.6. The van der Waals surface area contributed by atoms with Crippen molar-refractivity contribution in [1.82, 2.24) is 10.6 Å². The predicted octanol–water partition coefficient (Wildman–Crippen LogP) is 12.2. The number of unbranched alkanes of at least 4 members (excludes halogenated alkanes) is 20. The van der Waals surface area contributed by atoms with Crippen LogP contribution in [0, 0.1) is 0 Å². The van der Waals surface area contributed by atoms with Gasteiger partial charge in [0.15, 0.2) is 0 Å². The number of nitrogens with one attached hydrogen (secondary N) is 2. The standard InChI is InChI=1S/C39H68Br2N2O3/c1-3-5-7-9-11-13-15-17-19-21-23-26-37(44)42-29-25-31-46-39-35(40)32-34(33-36(39)41)28-30-43-38(45)27-24-22-20-18-16-14-12-10-8-6-4-2/h32-33H,3-31H2,1-2H3,(H,42,44)(H,43,45). The molecule has 0 aliphatic carbocycles. The average molecular weight is 773 g/mol. The van der Waals surface area contributed by atoms with Crippen LogP contribution in [-0.4, -0.2) is 31.5 Å². The van der Waals surface area contributed by atoms with E-state index in [1.165, 1.54) is 116 Å². The molecular formula is C39H68Br2N2O3. The Balaban J connectivity index is 2.06. The SMILES string of the molecule is CCCCCCCCCCCCCC(=O)NCCCOc1c(Br)cc(CCNC(=O)CCCCCCCCCCCCC)cc1Br. The molecule has 0 fully saturated rings. The Morgan fingerprint density at radius 1 is 0.543 bits per heavy atom. The minimum Gasteiger partial charge on any atom is -0.491 e. The number of rotatable bonds is 32. The summed E-state index contributed by atoms with van der Waals surface area (Å²) in [5, 5.41) is 6.11. The first kappa shape index (κ1) is 42.9. The fraction of sp³-hybridized carbons (Fsp3) is 0.795. The second-order valence-electron chi connectivity index (χ2n) is 13.1. The molecule has 0 saturated carbocycles.